The van der Waals surface area contributed by atoms with Gasteiger partial charge in [0.05, 0.1) is 6.54 Å². The fraction of sp³-hybridized carbons (Fsp3) is 0.278. The van der Waals surface area contributed by atoms with E-state index in [1.807, 2.05) is 30.3 Å². The van der Waals surface area contributed by atoms with E-state index >= 15 is 0 Å². The summed E-state index contributed by atoms with van der Waals surface area (Å²) < 4.78 is 5.62. The van der Waals surface area contributed by atoms with Gasteiger partial charge in [-0.05, 0) is 31.0 Å². The van der Waals surface area contributed by atoms with Gasteiger partial charge in [0.2, 0.25) is 11.8 Å². The lowest BCUT2D eigenvalue weighted by Crippen LogP contribution is -2.40. The Kier molecular flexibility index (Phi) is 5.46. The van der Waals surface area contributed by atoms with Crippen molar-refractivity contribution >= 4 is 17.6 Å². The van der Waals surface area contributed by atoms with Crippen molar-refractivity contribution in [2.75, 3.05) is 25.0 Å². The summed E-state index contributed by atoms with van der Waals surface area (Å²) in [6, 6.07) is 12.1. The van der Waals surface area contributed by atoms with Crippen molar-refractivity contribution in [3.8, 4) is 11.6 Å². The molecule has 1 fully saturated rings. The zero-order valence-electron chi connectivity index (χ0n) is 13.8. The predicted octanol–water partition coefficient (Wildman–Crippen LogP) is 2.62. The number of amides is 3. The highest BCUT2D eigenvalue weighted by molar-refractivity contribution is 5.92. The molecule has 1 aromatic carbocycles. The minimum absolute atomic E-state index is 0.00963. The molecule has 1 saturated heterocycles. The van der Waals surface area contributed by atoms with E-state index in [9.17, 15) is 9.59 Å². The van der Waals surface area contributed by atoms with Crippen molar-refractivity contribution in [2.24, 2.45) is 0 Å². The third kappa shape index (κ3) is 4.94. The zero-order valence-corrected chi connectivity index (χ0v) is 13.8. The molecular formula is C18H20N4O3. The van der Waals surface area contributed by atoms with Gasteiger partial charge in [0.15, 0.2) is 0 Å². The number of para-hydroxylation sites is 1. The van der Waals surface area contributed by atoms with E-state index in [0.717, 1.165) is 25.9 Å². The molecule has 0 bridgehead atoms. The van der Waals surface area contributed by atoms with Crippen LogP contribution in [0.2, 0.25) is 0 Å². The average molecular weight is 340 g/mol. The summed E-state index contributed by atoms with van der Waals surface area (Å²) in [4.78, 5) is 29.7. The van der Waals surface area contributed by atoms with Crippen molar-refractivity contribution in [1.82, 2.24) is 15.2 Å². The van der Waals surface area contributed by atoms with Gasteiger partial charge in [0, 0.05) is 31.0 Å². The Labute approximate surface area is 146 Å². The maximum Gasteiger partial charge on any atom is 0.319 e. The lowest BCUT2D eigenvalue weighted by atomic mass is 10.3. The zero-order chi connectivity index (χ0) is 17.5. The fourth-order valence-corrected chi connectivity index (χ4v) is 2.56. The standard InChI is InChI=1S/C18H20N4O3/c23-17(22-10-4-5-11-22)13-20-18(24)21-14-8-9-19-16(12-14)25-15-6-2-1-3-7-15/h1-3,6-9,12H,4-5,10-11,13H2,(H2,19,20,21,24). The molecule has 25 heavy (non-hydrogen) atoms. The Hall–Kier alpha value is -3.09. The first-order valence-corrected chi connectivity index (χ1v) is 8.22. The summed E-state index contributed by atoms with van der Waals surface area (Å²) >= 11 is 0. The number of anilines is 1. The predicted molar refractivity (Wildman–Crippen MR) is 93.6 cm³/mol. The molecule has 7 heteroatoms. The van der Waals surface area contributed by atoms with Crippen LogP contribution in [-0.4, -0.2) is 41.5 Å². The normalized spacial score (nSPS) is 13.4. The van der Waals surface area contributed by atoms with Gasteiger partial charge in [-0.15, -0.1) is 0 Å². The van der Waals surface area contributed by atoms with Crippen LogP contribution >= 0.6 is 0 Å². The van der Waals surface area contributed by atoms with Crippen LogP contribution in [0.15, 0.2) is 48.7 Å². The topological polar surface area (TPSA) is 83.6 Å². The van der Waals surface area contributed by atoms with E-state index in [2.05, 4.69) is 15.6 Å². The molecular weight excluding hydrogens is 320 g/mol. The Morgan fingerprint density at radius 2 is 1.88 bits per heavy atom. The van der Waals surface area contributed by atoms with Gasteiger partial charge in [-0.3, -0.25) is 4.79 Å². The van der Waals surface area contributed by atoms with Crippen LogP contribution < -0.4 is 15.4 Å². The summed E-state index contributed by atoms with van der Waals surface area (Å²) in [6.45, 7) is 1.53. The number of benzene rings is 1. The number of ether oxygens (including phenoxy) is 1. The number of carbonyl (C=O) groups is 2. The quantitative estimate of drug-likeness (QED) is 0.876. The van der Waals surface area contributed by atoms with Gasteiger partial charge in [-0.1, -0.05) is 18.2 Å². The monoisotopic (exact) mass is 340 g/mol. The number of hydrogen-bond donors (Lipinski definition) is 2. The van der Waals surface area contributed by atoms with Crippen molar-refractivity contribution in [3.63, 3.8) is 0 Å². The smallest absolute Gasteiger partial charge is 0.319 e. The molecule has 1 aliphatic heterocycles. The molecule has 3 amide bonds. The number of pyridine rings is 1. The third-order valence-corrected chi connectivity index (χ3v) is 3.82. The van der Waals surface area contributed by atoms with E-state index in [1.165, 1.54) is 0 Å². The number of rotatable bonds is 5. The first-order valence-electron chi connectivity index (χ1n) is 8.22. The van der Waals surface area contributed by atoms with Crippen LogP contribution in [0.25, 0.3) is 0 Å². The first kappa shape index (κ1) is 16.8. The van der Waals surface area contributed by atoms with Crippen LogP contribution in [0.5, 0.6) is 11.6 Å². The number of aromatic nitrogens is 1. The second kappa shape index (κ2) is 8.14. The lowest BCUT2D eigenvalue weighted by Gasteiger charge is -2.15. The molecule has 0 unspecified atom stereocenters. The highest BCUT2D eigenvalue weighted by Crippen LogP contribution is 2.21. The largest absolute Gasteiger partial charge is 0.439 e. The highest BCUT2D eigenvalue weighted by Gasteiger charge is 2.18. The Morgan fingerprint density at radius 1 is 1.12 bits per heavy atom. The number of carbonyl (C=O) groups excluding carboxylic acids is 2. The first-order chi connectivity index (χ1) is 12.2. The summed E-state index contributed by atoms with van der Waals surface area (Å²) in [5.41, 5.74) is 0.534. The molecule has 7 nitrogen and oxygen atoms in total. The minimum atomic E-state index is -0.440. The van der Waals surface area contributed by atoms with Gasteiger partial charge in [0.1, 0.15) is 5.75 Å². The van der Waals surface area contributed by atoms with E-state index in [1.54, 1.807) is 23.2 Å². The van der Waals surface area contributed by atoms with Crippen LogP contribution in [0.4, 0.5) is 10.5 Å². The number of urea groups is 1. The van der Waals surface area contributed by atoms with Crippen LogP contribution in [0.1, 0.15) is 12.8 Å². The number of likely N-dealkylation sites (tertiary alicyclic amines) is 1. The second-order valence-electron chi connectivity index (χ2n) is 5.69. The fourth-order valence-electron chi connectivity index (χ4n) is 2.56. The van der Waals surface area contributed by atoms with Gasteiger partial charge in [0.25, 0.3) is 0 Å². The summed E-state index contributed by atoms with van der Waals surface area (Å²) in [5.74, 6) is 0.973. The molecule has 0 spiro atoms. The lowest BCUT2D eigenvalue weighted by molar-refractivity contribution is -0.128. The minimum Gasteiger partial charge on any atom is -0.439 e. The van der Waals surface area contributed by atoms with E-state index in [-0.39, 0.29) is 12.5 Å². The molecule has 2 N–H and O–H groups in total. The van der Waals surface area contributed by atoms with Gasteiger partial charge >= 0.3 is 6.03 Å². The van der Waals surface area contributed by atoms with Gasteiger partial charge < -0.3 is 20.3 Å². The number of nitrogens with zero attached hydrogens (tertiary/aromatic N) is 2. The van der Waals surface area contributed by atoms with Gasteiger partial charge in [-0.2, -0.15) is 0 Å². The second-order valence-corrected chi connectivity index (χ2v) is 5.69. The number of hydrogen-bond acceptors (Lipinski definition) is 4. The SMILES string of the molecule is O=C(NCC(=O)N1CCCC1)Nc1ccnc(Oc2ccccc2)c1. The molecule has 130 valence electrons. The molecule has 0 aliphatic carbocycles. The number of nitrogens with one attached hydrogen (secondary N) is 2. The highest BCUT2D eigenvalue weighted by atomic mass is 16.5. The van der Waals surface area contributed by atoms with Crippen LogP contribution in [0.3, 0.4) is 0 Å². The van der Waals surface area contributed by atoms with Crippen molar-refractivity contribution in [2.45, 2.75) is 12.8 Å². The van der Waals surface area contributed by atoms with Crippen LogP contribution in [0, 0.1) is 0 Å². The Balaban J connectivity index is 1.51. The molecule has 1 aliphatic rings. The molecule has 2 aromatic rings. The summed E-state index contributed by atoms with van der Waals surface area (Å²) in [6.07, 6.45) is 3.60. The molecule has 0 saturated carbocycles. The van der Waals surface area contributed by atoms with Gasteiger partial charge in [-0.25, -0.2) is 9.78 Å². The third-order valence-electron chi connectivity index (χ3n) is 3.82. The van der Waals surface area contributed by atoms with E-state index in [4.69, 9.17) is 4.74 Å². The molecule has 0 atom stereocenters. The van der Waals surface area contributed by atoms with Crippen molar-refractivity contribution < 1.29 is 14.3 Å². The summed E-state index contributed by atoms with van der Waals surface area (Å²) in [7, 11) is 0. The maximum atomic E-state index is 11.9. The molecule has 0 radical (unpaired) electrons. The average Bonchev–Trinajstić information content (AvgIpc) is 3.16. The summed E-state index contributed by atoms with van der Waals surface area (Å²) in [5, 5.41) is 5.25. The Bertz CT molecular complexity index is 730. The molecule has 1 aromatic heterocycles. The van der Waals surface area contributed by atoms with Crippen molar-refractivity contribution in [1.29, 1.82) is 0 Å². The molecule has 2 heterocycles. The molecule has 3 rings (SSSR count). The van der Waals surface area contributed by atoms with Crippen LogP contribution in [-0.2, 0) is 4.79 Å². The maximum absolute atomic E-state index is 11.9. The van der Waals surface area contributed by atoms with E-state index < -0.39 is 6.03 Å². The van der Waals surface area contributed by atoms with E-state index in [0.29, 0.717) is 17.3 Å². The Morgan fingerprint density at radius 3 is 2.64 bits per heavy atom. The van der Waals surface area contributed by atoms with Crippen molar-refractivity contribution in [3.05, 3.63) is 48.7 Å².